The molecule has 0 aliphatic heterocycles. The van der Waals surface area contributed by atoms with E-state index in [1.807, 2.05) is 83.1 Å². The highest BCUT2D eigenvalue weighted by Gasteiger charge is 2.41. The molecule has 68 heavy (non-hydrogen) atoms. The van der Waals surface area contributed by atoms with E-state index < -0.39 is 77.7 Å². The Labute approximate surface area is 410 Å². The van der Waals surface area contributed by atoms with Crippen LogP contribution in [0.25, 0.3) is 22.5 Å². The van der Waals surface area contributed by atoms with Gasteiger partial charge in [-0.1, -0.05) is 118 Å². The summed E-state index contributed by atoms with van der Waals surface area (Å²) in [5.74, 6) is -0.283. The van der Waals surface area contributed by atoms with Crippen LogP contribution in [0.3, 0.4) is 0 Å². The van der Waals surface area contributed by atoms with Crippen LogP contribution in [0, 0.1) is 21.7 Å². The average molecular weight is 1010 g/mol. The molecule has 16 heteroatoms. The topological polar surface area (TPSA) is 83.6 Å². The van der Waals surface area contributed by atoms with Gasteiger partial charge in [0.15, 0.2) is 11.6 Å². The Kier molecular flexibility index (Phi) is 14.4. The zero-order chi connectivity index (χ0) is 50.7. The Bertz CT molecular complexity index is 2670. The minimum absolute atomic E-state index is 0.142. The van der Waals surface area contributed by atoms with Crippen LogP contribution in [-0.2, 0) is 21.9 Å². The van der Waals surface area contributed by atoms with Crippen LogP contribution in [0.2, 0.25) is 10.0 Å². The maximum Gasteiger partial charge on any atom is 0.417 e. The molecule has 6 rings (SSSR count). The van der Waals surface area contributed by atoms with Gasteiger partial charge in [0.2, 0.25) is 0 Å². The van der Waals surface area contributed by atoms with E-state index in [9.17, 15) is 9.59 Å². The van der Waals surface area contributed by atoms with E-state index in [0.29, 0.717) is 55.3 Å². The second kappa shape index (κ2) is 18.7. The Morgan fingerprint density at radius 3 is 1.01 bits per heavy atom. The first kappa shape index (κ1) is 52.4. The first-order valence-electron chi connectivity index (χ1n) is 21.4. The fourth-order valence-electron chi connectivity index (χ4n) is 7.48. The number of carbonyl (C=O) groups excluding carboxylic acids is 2. The molecule has 2 aliphatic carbocycles. The standard InChI is InChI=1S/C52H50Cl2F6N4O2S2/c1-47(2,3)33-19-27(20-34(45(33)65)48(4,5)6)43(41-15-13-17-67-41)63-61-39-25-31(51(55,56)57)29(23-37(39)53)30-24-38(54)40(26-32(30)52(58,59)60)62-64-44(42-16-14-18-68-42)28-21-35(49(7,8)9)46(66)36(22-28)50(10,11)12/h13-26H,1-12H3/b63-61+,64-62+. The lowest BCUT2D eigenvalue weighted by Crippen LogP contribution is -2.28. The third kappa shape index (κ3) is 11.4. The molecule has 6 nitrogen and oxygen atoms in total. The molecule has 0 atom stereocenters. The van der Waals surface area contributed by atoms with Crippen molar-refractivity contribution in [1.29, 1.82) is 0 Å². The van der Waals surface area contributed by atoms with E-state index in [1.165, 1.54) is 22.7 Å². The molecule has 0 unspecified atom stereocenters. The van der Waals surface area contributed by atoms with Crippen LogP contribution >= 0.6 is 45.9 Å². The number of hydrogen-bond acceptors (Lipinski definition) is 8. The zero-order valence-electron chi connectivity index (χ0n) is 39.5. The van der Waals surface area contributed by atoms with Gasteiger partial charge in [-0.05, 0) is 104 Å². The summed E-state index contributed by atoms with van der Waals surface area (Å²) in [5.41, 5.74) is -4.63. The quantitative estimate of drug-likeness (QED) is 0.136. The van der Waals surface area contributed by atoms with Crippen molar-refractivity contribution in [2.24, 2.45) is 42.1 Å². The Hall–Kier alpha value is -5.02. The molecule has 0 saturated heterocycles. The van der Waals surface area contributed by atoms with Crippen molar-refractivity contribution in [1.82, 2.24) is 0 Å². The predicted molar refractivity (Wildman–Crippen MR) is 264 cm³/mol. The van der Waals surface area contributed by atoms with E-state index >= 15 is 26.3 Å². The van der Waals surface area contributed by atoms with E-state index in [-0.39, 0.29) is 23.0 Å². The number of alkyl halides is 6. The van der Waals surface area contributed by atoms with Crippen molar-refractivity contribution >= 4 is 80.2 Å². The third-order valence-electron chi connectivity index (χ3n) is 11.1. The van der Waals surface area contributed by atoms with E-state index in [0.717, 1.165) is 12.1 Å². The molecule has 2 heterocycles. The molecule has 0 fully saturated rings. The molecule has 4 aromatic rings. The van der Waals surface area contributed by atoms with Crippen LogP contribution in [0.5, 0.6) is 0 Å². The van der Waals surface area contributed by atoms with Crippen molar-refractivity contribution < 1.29 is 35.9 Å². The zero-order valence-corrected chi connectivity index (χ0v) is 42.7. The minimum Gasteiger partial charge on any atom is -0.289 e. The molecule has 2 aromatic heterocycles. The summed E-state index contributed by atoms with van der Waals surface area (Å²) in [4.78, 5) is 28.6. The van der Waals surface area contributed by atoms with Crippen LogP contribution < -0.4 is 0 Å². The van der Waals surface area contributed by atoms with Gasteiger partial charge in [-0.25, -0.2) is 0 Å². The average Bonchev–Trinajstić information content (AvgIpc) is 3.93. The summed E-state index contributed by atoms with van der Waals surface area (Å²) in [7, 11) is 0. The van der Waals surface area contributed by atoms with E-state index in [2.05, 4.69) is 20.5 Å². The molecule has 0 bridgehead atoms. The molecule has 0 saturated carbocycles. The summed E-state index contributed by atoms with van der Waals surface area (Å²) < 4.78 is 90.6. The largest absolute Gasteiger partial charge is 0.417 e. The summed E-state index contributed by atoms with van der Waals surface area (Å²) in [5, 5.41) is 19.9. The molecule has 0 spiro atoms. The second-order valence-electron chi connectivity index (χ2n) is 20.5. The fraction of sp³-hybridized carbons (Fsp3) is 0.346. The number of carbonyl (C=O) groups is 2. The fourth-order valence-corrected chi connectivity index (χ4v) is 9.35. The summed E-state index contributed by atoms with van der Waals surface area (Å²) in [6.45, 7) is 22.7. The van der Waals surface area contributed by atoms with Gasteiger partial charge in [0.25, 0.3) is 0 Å². The smallest absolute Gasteiger partial charge is 0.289 e. The number of nitrogens with zero attached hydrogens (tertiary/aromatic N) is 4. The number of allylic oxidation sites excluding steroid dienone is 10. The maximum absolute atomic E-state index is 15.1. The van der Waals surface area contributed by atoms with Crippen molar-refractivity contribution in [3.8, 4) is 11.1 Å². The molecule has 0 N–H and O–H groups in total. The van der Waals surface area contributed by atoms with Gasteiger partial charge in [-0.3, -0.25) is 9.59 Å². The number of Topliss-reactive ketones (excluding diaryl/α,β-unsaturated/α-hetero) is 2. The Morgan fingerprint density at radius 1 is 0.485 bits per heavy atom. The molecule has 358 valence electrons. The first-order chi connectivity index (χ1) is 31.2. The van der Waals surface area contributed by atoms with Crippen LogP contribution in [-0.4, -0.2) is 11.6 Å². The molecular weight excluding hydrogens is 962 g/mol. The normalized spacial score (nSPS) is 15.9. The van der Waals surface area contributed by atoms with Crippen LogP contribution in [0.15, 0.2) is 137 Å². The van der Waals surface area contributed by atoms with E-state index in [1.54, 1.807) is 59.3 Å². The first-order valence-corrected chi connectivity index (χ1v) is 23.9. The third-order valence-corrected chi connectivity index (χ3v) is 13.4. The van der Waals surface area contributed by atoms with Gasteiger partial charge in [0, 0.05) is 33.4 Å². The number of ketones is 2. The highest BCUT2D eigenvalue weighted by molar-refractivity contribution is 7.11. The van der Waals surface area contributed by atoms with Crippen molar-refractivity contribution in [3.05, 3.63) is 148 Å². The molecule has 0 radical (unpaired) electrons. The predicted octanol–water partition coefficient (Wildman–Crippen LogP) is 18.9. The number of azo groups is 2. The molecule has 2 aliphatic rings. The summed E-state index contributed by atoms with van der Waals surface area (Å²) >= 11 is 15.8. The number of thiophene rings is 2. The van der Waals surface area contributed by atoms with Crippen molar-refractivity contribution in [2.75, 3.05) is 0 Å². The van der Waals surface area contributed by atoms with Crippen LogP contribution in [0.4, 0.5) is 37.7 Å². The second-order valence-corrected chi connectivity index (χ2v) is 23.3. The van der Waals surface area contributed by atoms with Crippen molar-refractivity contribution in [2.45, 2.75) is 95.4 Å². The van der Waals surface area contributed by atoms with Gasteiger partial charge < -0.3 is 0 Å². The molecule has 0 amide bonds. The number of hydrogen-bond donors (Lipinski definition) is 0. The monoisotopic (exact) mass is 1010 g/mol. The van der Waals surface area contributed by atoms with Crippen molar-refractivity contribution in [3.63, 3.8) is 0 Å². The minimum atomic E-state index is -5.21. The Balaban J connectivity index is 1.52. The lowest BCUT2D eigenvalue weighted by molar-refractivity contribution is -0.139. The molecular formula is C52H50Cl2F6N4O2S2. The number of halogens is 8. The highest BCUT2D eigenvalue weighted by Crippen LogP contribution is 2.50. The number of benzene rings is 2. The van der Waals surface area contributed by atoms with E-state index in [4.69, 9.17) is 23.2 Å². The molecule has 2 aromatic carbocycles. The SMILES string of the molecule is CC(C)(C)C1=CC(=C(/N=N/c2cc(C(F)(F)F)c(-c3cc(Cl)c(/N=N/C(=C4C=C(C(C)(C)C)C(=O)C(C(C)(C)C)=C4)c4cccs4)cc3C(F)(F)F)cc2Cl)c2cccs2)C=C(C(C)(C)C)C1=O. The van der Waals surface area contributed by atoms with Gasteiger partial charge in [-0.15, -0.1) is 43.1 Å². The van der Waals surface area contributed by atoms with Gasteiger partial charge in [0.05, 0.1) is 30.9 Å². The summed E-state index contributed by atoms with van der Waals surface area (Å²) in [6.07, 6.45) is -3.65. The maximum atomic E-state index is 15.1. The van der Waals surface area contributed by atoms with Crippen LogP contribution in [0.1, 0.15) is 104 Å². The Morgan fingerprint density at radius 2 is 0.779 bits per heavy atom. The van der Waals surface area contributed by atoms with Gasteiger partial charge >= 0.3 is 12.4 Å². The number of rotatable bonds is 7. The van der Waals surface area contributed by atoms with Gasteiger partial charge in [-0.2, -0.15) is 26.3 Å². The lowest BCUT2D eigenvalue weighted by atomic mass is 9.71. The summed E-state index contributed by atoms with van der Waals surface area (Å²) in [6, 6.07) is 9.61. The lowest BCUT2D eigenvalue weighted by Gasteiger charge is -2.31. The highest BCUT2D eigenvalue weighted by atomic mass is 35.5. The van der Waals surface area contributed by atoms with Gasteiger partial charge in [0.1, 0.15) is 22.8 Å².